The third-order valence-electron chi connectivity index (χ3n) is 7.48. The van der Waals surface area contributed by atoms with Crippen molar-refractivity contribution < 1.29 is 24.0 Å². The zero-order chi connectivity index (χ0) is 24.6. The molecule has 4 rings (SSSR count). The monoisotopic (exact) mass is 468 g/mol. The molecule has 3 aliphatic rings. The second-order valence-electron chi connectivity index (χ2n) is 9.33. The first kappa shape index (κ1) is 23.9. The van der Waals surface area contributed by atoms with E-state index in [0.29, 0.717) is 24.3 Å². The summed E-state index contributed by atoms with van der Waals surface area (Å²) in [6, 6.07) is 4.35. The van der Waals surface area contributed by atoms with Crippen LogP contribution in [0.4, 0.5) is 5.69 Å². The molecule has 2 saturated heterocycles. The fourth-order valence-corrected chi connectivity index (χ4v) is 5.36. The normalized spacial score (nSPS) is 21.2. The molecule has 2 fully saturated rings. The number of hydrogen-bond acceptors (Lipinski definition) is 6. The Labute approximate surface area is 199 Å². The lowest BCUT2D eigenvalue weighted by Gasteiger charge is -2.39. The predicted octanol–water partition coefficient (Wildman–Crippen LogP) is 1.95. The fourth-order valence-electron chi connectivity index (χ4n) is 5.36. The van der Waals surface area contributed by atoms with Crippen LogP contribution in [0.15, 0.2) is 18.2 Å². The number of rotatable bonds is 6. The van der Waals surface area contributed by atoms with Crippen molar-refractivity contribution in [2.45, 2.75) is 64.5 Å². The maximum absolute atomic E-state index is 13.4. The van der Waals surface area contributed by atoms with E-state index in [1.165, 1.54) is 0 Å². The van der Waals surface area contributed by atoms with Crippen LogP contribution in [0.2, 0.25) is 0 Å². The van der Waals surface area contributed by atoms with E-state index in [-0.39, 0.29) is 36.3 Å². The van der Waals surface area contributed by atoms with Gasteiger partial charge in [0.15, 0.2) is 0 Å². The average Bonchev–Trinajstić information content (AvgIpc) is 3.09. The highest BCUT2D eigenvalue weighted by Gasteiger charge is 2.46. The number of imide groups is 2. The molecule has 9 nitrogen and oxygen atoms in total. The number of carbonyl (C=O) groups excluding carboxylic acids is 5. The molecule has 1 unspecified atom stereocenters. The van der Waals surface area contributed by atoms with Crippen molar-refractivity contribution in [3.05, 3.63) is 29.3 Å². The van der Waals surface area contributed by atoms with Gasteiger partial charge in [0.05, 0.1) is 16.8 Å². The molecule has 182 valence electrons. The number of nitrogens with one attached hydrogen (secondary N) is 1. The van der Waals surface area contributed by atoms with E-state index in [2.05, 4.69) is 10.2 Å². The summed E-state index contributed by atoms with van der Waals surface area (Å²) in [4.78, 5) is 68.1. The number of hydrogen-bond donors (Lipinski definition) is 1. The Bertz CT molecular complexity index is 1030. The topological polar surface area (TPSA) is 107 Å². The van der Waals surface area contributed by atoms with Gasteiger partial charge in [-0.3, -0.25) is 34.2 Å². The zero-order valence-electron chi connectivity index (χ0n) is 20.0. The first-order valence-corrected chi connectivity index (χ1v) is 12.1. The number of fused-ring (bicyclic) bond motifs is 1. The van der Waals surface area contributed by atoms with E-state index in [0.717, 1.165) is 30.6 Å². The lowest BCUT2D eigenvalue weighted by molar-refractivity contribution is -0.137. The lowest BCUT2D eigenvalue weighted by Crippen LogP contribution is -2.54. The van der Waals surface area contributed by atoms with Crippen LogP contribution in [0.25, 0.3) is 0 Å². The van der Waals surface area contributed by atoms with Crippen molar-refractivity contribution in [1.29, 1.82) is 0 Å². The van der Waals surface area contributed by atoms with Crippen LogP contribution >= 0.6 is 0 Å². The molecule has 34 heavy (non-hydrogen) atoms. The lowest BCUT2D eigenvalue weighted by atomic mass is 9.97. The smallest absolute Gasteiger partial charge is 0.264 e. The highest BCUT2D eigenvalue weighted by atomic mass is 16.2. The number of piperidine rings is 2. The average molecular weight is 469 g/mol. The summed E-state index contributed by atoms with van der Waals surface area (Å²) in [6.45, 7) is 5.38. The molecule has 0 bridgehead atoms. The number of nitrogens with zero attached hydrogens (tertiary/aromatic N) is 3. The number of anilines is 1. The second-order valence-corrected chi connectivity index (χ2v) is 9.33. The number of carbonyl (C=O) groups is 5. The third-order valence-corrected chi connectivity index (χ3v) is 7.48. The molecule has 0 radical (unpaired) electrons. The van der Waals surface area contributed by atoms with Crippen LogP contribution in [-0.2, 0) is 14.4 Å². The molecule has 3 aliphatic heterocycles. The first-order chi connectivity index (χ1) is 16.3. The molecular weight excluding hydrogens is 436 g/mol. The predicted molar refractivity (Wildman–Crippen MR) is 125 cm³/mol. The van der Waals surface area contributed by atoms with E-state index in [9.17, 15) is 24.0 Å². The van der Waals surface area contributed by atoms with Gasteiger partial charge in [0, 0.05) is 38.5 Å². The van der Waals surface area contributed by atoms with Crippen molar-refractivity contribution in [3.63, 3.8) is 0 Å². The van der Waals surface area contributed by atoms with Gasteiger partial charge in [0.25, 0.3) is 11.8 Å². The van der Waals surface area contributed by atoms with Gasteiger partial charge in [-0.05, 0) is 44.2 Å². The molecule has 1 aromatic carbocycles. The molecule has 3 heterocycles. The Morgan fingerprint density at radius 2 is 1.74 bits per heavy atom. The fraction of sp³-hybridized carbons (Fsp3) is 0.560. The minimum absolute atomic E-state index is 0.0438. The van der Waals surface area contributed by atoms with Crippen molar-refractivity contribution in [2.75, 3.05) is 25.0 Å². The molecule has 1 atom stereocenters. The SMILES string of the molecule is CCC(CC)C(=O)N(C)C1CCN(c2cccc3c2C(=O)N(C2CCC(=O)NC2=O)C3=O)CC1. The van der Waals surface area contributed by atoms with Gasteiger partial charge in [-0.15, -0.1) is 0 Å². The summed E-state index contributed by atoms with van der Waals surface area (Å²) in [7, 11) is 1.88. The summed E-state index contributed by atoms with van der Waals surface area (Å²) in [5, 5.41) is 2.23. The van der Waals surface area contributed by atoms with Gasteiger partial charge in [-0.25, -0.2) is 0 Å². The Hall–Kier alpha value is -3.23. The Balaban J connectivity index is 1.50. The van der Waals surface area contributed by atoms with Crippen molar-refractivity contribution in [1.82, 2.24) is 15.1 Å². The van der Waals surface area contributed by atoms with E-state index in [1.54, 1.807) is 12.1 Å². The highest BCUT2D eigenvalue weighted by Crippen LogP contribution is 2.35. The summed E-state index contributed by atoms with van der Waals surface area (Å²) >= 11 is 0. The van der Waals surface area contributed by atoms with Crippen LogP contribution in [0.5, 0.6) is 0 Å². The Morgan fingerprint density at radius 3 is 2.35 bits per heavy atom. The van der Waals surface area contributed by atoms with E-state index in [4.69, 9.17) is 0 Å². The molecule has 0 aliphatic carbocycles. The Morgan fingerprint density at radius 1 is 1.06 bits per heavy atom. The van der Waals surface area contributed by atoms with E-state index < -0.39 is 29.7 Å². The molecule has 5 amide bonds. The van der Waals surface area contributed by atoms with Gasteiger partial charge in [0.2, 0.25) is 17.7 Å². The molecule has 1 N–H and O–H groups in total. The number of benzene rings is 1. The maximum Gasteiger partial charge on any atom is 0.264 e. The summed E-state index contributed by atoms with van der Waals surface area (Å²) in [6.07, 6.45) is 3.42. The molecule has 0 aromatic heterocycles. The van der Waals surface area contributed by atoms with Crippen molar-refractivity contribution in [2.24, 2.45) is 5.92 Å². The standard InChI is InChI=1S/C25H32N4O5/c1-4-15(5-2)23(32)27(3)16-11-13-28(14-12-16)18-8-6-7-17-21(18)25(34)29(24(17)33)19-9-10-20(30)26-22(19)31/h6-8,15-16,19H,4-5,9-14H2,1-3H3,(H,26,30,31). The summed E-state index contributed by atoms with van der Waals surface area (Å²) in [5.41, 5.74) is 1.28. The van der Waals surface area contributed by atoms with Gasteiger partial charge in [0.1, 0.15) is 6.04 Å². The van der Waals surface area contributed by atoms with Crippen molar-refractivity contribution >= 4 is 35.2 Å². The molecule has 9 heteroatoms. The quantitative estimate of drug-likeness (QED) is 0.640. The summed E-state index contributed by atoms with van der Waals surface area (Å²) < 4.78 is 0. The molecule has 1 aromatic rings. The molecular formula is C25H32N4O5. The minimum Gasteiger partial charge on any atom is -0.371 e. The molecule has 0 saturated carbocycles. The van der Waals surface area contributed by atoms with Crippen LogP contribution < -0.4 is 10.2 Å². The Kier molecular flexibility index (Phi) is 6.72. The van der Waals surface area contributed by atoms with Crippen LogP contribution in [0, 0.1) is 5.92 Å². The van der Waals surface area contributed by atoms with Crippen LogP contribution in [0.1, 0.15) is 73.1 Å². The maximum atomic E-state index is 13.4. The third kappa shape index (κ3) is 4.08. The number of amides is 5. The van der Waals surface area contributed by atoms with E-state index in [1.807, 2.05) is 31.9 Å². The van der Waals surface area contributed by atoms with Gasteiger partial charge in [-0.1, -0.05) is 19.9 Å². The zero-order valence-corrected chi connectivity index (χ0v) is 20.0. The highest BCUT2D eigenvalue weighted by molar-refractivity contribution is 6.25. The minimum atomic E-state index is -0.978. The summed E-state index contributed by atoms with van der Waals surface area (Å²) in [5.74, 6) is -1.77. The van der Waals surface area contributed by atoms with Crippen molar-refractivity contribution in [3.8, 4) is 0 Å². The first-order valence-electron chi connectivity index (χ1n) is 12.1. The molecule has 0 spiro atoms. The van der Waals surface area contributed by atoms with E-state index >= 15 is 0 Å². The second kappa shape index (κ2) is 9.56. The van der Waals surface area contributed by atoms with Gasteiger partial charge < -0.3 is 9.80 Å². The van der Waals surface area contributed by atoms with Gasteiger partial charge in [-0.2, -0.15) is 0 Å². The van der Waals surface area contributed by atoms with Gasteiger partial charge >= 0.3 is 0 Å². The van der Waals surface area contributed by atoms with Crippen LogP contribution in [0.3, 0.4) is 0 Å². The largest absolute Gasteiger partial charge is 0.371 e. The van der Waals surface area contributed by atoms with Crippen LogP contribution in [-0.4, -0.2) is 71.6 Å².